The lowest BCUT2D eigenvalue weighted by Gasteiger charge is -2.09. The van der Waals surface area contributed by atoms with Gasteiger partial charge in [0.15, 0.2) is 0 Å². The van der Waals surface area contributed by atoms with Gasteiger partial charge in [-0.1, -0.05) is 17.7 Å². The second-order valence-electron chi connectivity index (χ2n) is 4.98. The molecule has 0 saturated carbocycles. The van der Waals surface area contributed by atoms with Crippen LogP contribution in [0.4, 0.5) is 0 Å². The molecule has 0 aliphatic carbocycles. The highest BCUT2D eigenvalue weighted by molar-refractivity contribution is 6.30. The fourth-order valence-electron chi connectivity index (χ4n) is 1.99. The Morgan fingerprint density at radius 2 is 2.09 bits per heavy atom. The first-order chi connectivity index (χ1) is 11.1. The normalized spacial score (nSPS) is 9.96. The first kappa shape index (κ1) is 16.9. The Hall–Kier alpha value is -2.51. The lowest BCUT2D eigenvalue weighted by Crippen LogP contribution is -2.10. The van der Waals surface area contributed by atoms with Gasteiger partial charge < -0.3 is 9.47 Å². The average Bonchev–Trinajstić information content (AvgIpc) is 2.53. The Bertz CT molecular complexity index is 737. The van der Waals surface area contributed by atoms with Gasteiger partial charge in [-0.25, -0.2) is 0 Å². The largest absolute Gasteiger partial charge is 0.493 e. The summed E-state index contributed by atoms with van der Waals surface area (Å²) in [5.41, 5.74) is 1.41. The van der Waals surface area contributed by atoms with Gasteiger partial charge in [-0.15, -0.1) is 0 Å². The Morgan fingerprint density at radius 1 is 1.26 bits per heavy atom. The number of halogens is 1. The van der Waals surface area contributed by atoms with E-state index < -0.39 is 0 Å². The van der Waals surface area contributed by atoms with Gasteiger partial charge in [0.25, 0.3) is 0 Å². The minimum absolute atomic E-state index is 0.240. The molecule has 0 aliphatic heterocycles. The van der Waals surface area contributed by atoms with Crippen LogP contribution in [0.15, 0.2) is 42.5 Å². The van der Waals surface area contributed by atoms with Crippen molar-refractivity contribution in [3.05, 3.63) is 58.6 Å². The molecule has 0 saturated heterocycles. The number of carbonyl (C=O) groups excluding carboxylic acids is 1. The van der Waals surface area contributed by atoms with Crippen LogP contribution in [-0.2, 0) is 4.79 Å². The Kier molecular flexibility index (Phi) is 6.02. The number of esters is 1. The third kappa shape index (κ3) is 5.32. The summed E-state index contributed by atoms with van der Waals surface area (Å²) < 4.78 is 10.8. The molecule has 0 atom stereocenters. The molecule has 2 aromatic rings. The van der Waals surface area contributed by atoms with Crippen LogP contribution in [0.1, 0.15) is 24.0 Å². The third-order valence-electron chi connectivity index (χ3n) is 3.11. The SMILES string of the molecule is Cc1cc(Cl)ccc1OCCCC(=O)Oc1cccc(C#N)c1. The highest BCUT2D eigenvalue weighted by Crippen LogP contribution is 2.22. The van der Waals surface area contributed by atoms with Crippen LogP contribution in [0, 0.1) is 18.3 Å². The molecule has 0 unspecified atom stereocenters. The Labute approximate surface area is 140 Å². The zero-order valence-corrected chi connectivity index (χ0v) is 13.5. The predicted octanol–water partition coefficient (Wildman–Crippen LogP) is 4.28. The van der Waals surface area contributed by atoms with Gasteiger partial charge in [-0.05, 0) is 55.3 Å². The first-order valence-corrected chi connectivity index (χ1v) is 7.56. The van der Waals surface area contributed by atoms with Crippen molar-refractivity contribution >= 4 is 17.6 Å². The van der Waals surface area contributed by atoms with Crippen molar-refractivity contribution in [3.63, 3.8) is 0 Å². The number of rotatable bonds is 6. The summed E-state index contributed by atoms with van der Waals surface area (Å²) in [6.45, 7) is 2.33. The Morgan fingerprint density at radius 3 is 2.83 bits per heavy atom. The lowest BCUT2D eigenvalue weighted by atomic mass is 10.2. The highest BCUT2D eigenvalue weighted by atomic mass is 35.5. The molecule has 2 aromatic carbocycles. The van der Waals surface area contributed by atoms with Gasteiger partial charge >= 0.3 is 5.97 Å². The quantitative estimate of drug-likeness (QED) is 0.451. The van der Waals surface area contributed by atoms with Crippen molar-refractivity contribution in [3.8, 4) is 17.6 Å². The number of hydrogen-bond acceptors (Lipinski definition) is 4. The summed E-state index contributed by atoms with van der Waals surface area (Å²) in [7, 11) is 0. The van der Waals surface area contributed by atoms with Crippen LogP contribution in [0.2, 0.25) is 5.02 Å². The maximum Gasteiger partial charge on any atom is 0.311 e. The van der Waals surface area contributed by atoms with E-state index in [1.165, 1.54) is 6.07 Å². The molecule has 0 aliphatic rings. The van der Waals surface area contributed by atoms with E-state index in [0.717, 1.165) is 11.3 Å². The number of ether oxygens (including phenoxy) is 2. The number of carbonyl (C=O) groups is 1. The smallest absolute Gasteiger partial charge is 0.311 e. The monoisotopic (exact) mass is 329 g/mol. The van der Waals surface area contributed by atoms with Crippen LogP contribution in [0.25, 0.3) is 0 Å². The summed E-state index contributed by atoms with van der Waals surface area (Å²) in [5, 5.41) is 9.47. The van der Waals surface area contributed by atoms with Gasteiger partial charge in [0, 0.05) is 11.4 Å². The van der Waals surface area contributed by atoms with Crippen molar-refractivity contribution in [1.82, 2.24) is 0 Å². The van der Waals surface area contributed by atoms with Crippen LogP contribution in [-0.4, -0.2) is 12.6 Å². The average molecular weight is 330 g/mol. The van der Waals surface area contributed by atoms with Crippen LogP contribution in [0.5, 0.6) is 11.5 Å². The number of aryl methyl sites for hydroxylation is 1. The summed E-state index contributed by atoms with van der Waals surface area (Å²) in [4.78, 5) is 11.8. The van der Waals surface area contributed by atoms with E-state index in [2.05, 4.69) is 0 Å². The van der Waals surface area contributed by atoms with Crippen molar-refractivity contribution < 1.29 is 14.3 Å². The number of benzene rings is 2. The molecule has 0 radical (unpaired) electrons. The zero-order chi connectivity index (χ0) is 16.7. The minimum Gasteiger partial charge on any atom is -0.493 e. The topological polar surface area (TPSA) is 59.3 Å². The zero-order valence-electron chi connectivity index (χ0n) is 12.7. The van der Waals surface area contributed by atoms with E-state index in [0.29, 0.717) is 29.4 Å². The van der Waals surface area contributed by atoms with E-state index >= 15 is 0 Å². The Balaban J connectivity index is 1.75. The molecule has 0 amide bonds. The second-order valence-corrected chi connectivity index (χ2v) is 5.41. The van der Waals surface area contributed by atoms with Crippen molar-refractivity contribution in [2.24, 2.45) is 0 Å². The van der Waals surface area contributed by atoms with E-state index in [4.69, 9.17) is 26.3 Å². The molecule has 118 valence electrons. The molecule has 4 nitrogen and oxygen atoms in total. The molecule has 5 heteroatoms. The molecule has 0 spiro atoms. The van der Waals surface area contributed by atoms with Crippen LogP contribution < -0.4 is 9.47 Å². The van der Waals surface area contributed by atoms with Gasteiger partial charge in [0.1, 0.15) is 11.5 Å². The number of hydrogen-bond donors (Lipinski definition) is 0. The van der Waals surface area contributed by atoms with Crippen molar-refractivity contribution in [1.29, 1.82) is 5.26 Å². The molecule has 0 aromatic heterocycles. The van der Waals surface area contributed by atoms with Crippen LogP contribution >= 0.6 is 11.6 Å². The van der Waals surface area contributed by atoms with Gasteiger partial charge in [-0.3, -0.25) is 4.79 Å². The molecule has 0 heterocycles. The van der Waals surface area contributed by atoms with Gasteiger partial charge in [0.05, 0.1) is 18.2 Å². The van der Waals surface area contributed by atoms with E-state index in [1.807, 2.05) is 25.1 Å². The fraction of sp³-hybridized carbons (Fsp3) is 0.222. The van der Waals surface area contributed by atoms with E-state index in [9.17, 15) is 4.79 Å². The van der Waals surface area contributed by atoms with Crippen molar-refractivity contribution in [2.75, 3.05) is 6.61 Å². The van der Waals surface area contributed by atoms with E-state index in [-0.39, 0.29) is 12.4 Å². The lowest BCUT2D eigenvalue weighted by molar-refractivity contribution is -0.134. The second kappa shape index (κ2) is 8.21. The highest BCUT2D eigenvalue weighted by Gasteiger charge is 2.06. The first-order valence-electron chi connectivity index (χ1n) is 7.18. The van der Waals surface area contributed by atoms with Gasteiger partial charge in [0.2, 0.25) is 0 Å². The molecule has 2 rings (SSSR count). The van der Waals surface area contributed by atoms with E-state index in [1.54, 1.807) is 24.3 Å². The van der Waals surface area contributed by atoms with Crippen molar-refractivity contribution in [2.45, 2.75) is 19.8 Å². The standard InChI is InChI=1S/C18H16ClNO3/c1-13-10-15(19)7-8-17(13)22-9-3-6-18(21)23-16-5-2-4-14(11-16)12-20/h2,4-5,7-8,10-11H,3,6,9H2,1H3. The van der Waals surface area contributed by atoms with Gasteiger partial charge in [-0.2, -0.15) is 5.26 Å². The minimum atomic E-state index is -0.350. The fourth-order valence-corrected chi connectivity index (χ4v) is 2.21. The molecule has 0 fully saturated rings. The molecule has 0 bridgehead atoms. The summed E-state index contributed by atoms with van der Waals surface area (Å²) >= 11 is 5.88. The summed E-state index contributed by atoms with van der Waals surface area (Å²) in [5.74, 6) is 0.782. The maximum absolute atomic E-state index is 11.8. The number of nitrogens with zero attached hydrogens (tertiary/aromatic N) is 1. The molecule has 23 heavy (non-hydrogen) atoms. The molecule has 0 N–H and O–H groups in total. The molecular weight excluding hydrogens is 314 g/mol. The third-order valence-corrected chi connectivity index (χ3v) is 3.35. The summed E-state index contributed by atoms with van der Waals surface area (Å²) in [6, 6.07) is 13.9. The maximum atomic E-state index is 11.8. The van der Waals surface area contributed by atoms with Crippen LogP contribution in [0.3, 0.4) is 0 Å². The number of nitriles is 1. The summed E-state index contributed by atoms with van der Waals surface area (Å²) in [6.07, 6.45) is 0.780. The predicted molar refractivity (Wildman–Crippen MR) is 87.7 cm³/mol. The molecular formula is C18H16ClNO3.